The Morgan fingerprint density at radius 2 is 1.00 bits per heavy atom. The molecule has 4 aromatic carbocycles. The van der Waals surface area contributed by atoms with Gasteiger partial charge in [-0.3, -0.25) is 14.4 Å². The first-order chi connectivity index (χ1) is 17.7. The maximum atomic E-state index is 12.0. The van der Waals surface area contributed by atoms with E-state index in [4.69, 9.17) is 27.8 Å². The van der Waals surface area contributed by atoms with Crippen molar-refractivity contribution in [3.05, 3.63) is 113 Å². The van der Waals surface area contributed by atoms with Crippen LogP contribution in [0.3, 0.4) is 0 Å². The Morgan fingerprint density at radius 3 is 1.38 bits per heavy atom. The third kappa shape index (κ3) is 8.72. The fourth-order valence-electron chi connectivity index (χ4n) is 2.98. The highest BCUT2D eigenvalue weighted by Crippen LogP contribution is 2.16. The molecule has 6 N–H and O–H groups in total. The van der Waals surface area contributed by atoms with Crippen LogP contribution in [0, 0.1) is 0 Å². The highest BCUT2D eigenvalue weighted by Gasteiger charge is 2.07. The average molecular weight is 517 g/mol. The molecule has 37 heavy (non-hydrogen) atoms. The number of hydrogen-bond acceptors (Lipinski definition) is 6. The summed E-state index contributed by atoms with van der Waals surface area (Å²) in [4.78, 5) is 34.6. The van der Waals surface area contributed by atoms with Gasteiger partial charge in [-0.1, -0.05) is 11.6 Å². The number of carbonyl (C=O) groups is 3. The van der Waals surface area contributed by atoms with E-state index in [0.717, 1.165) is 0 Å². The largest absolute Gasteiger partial charge is 0.427 e. The van der Waals surface area contributed by atoms with Crippen molar-refractivity contribution in [1.82, 2.24) is 0 Å². The number of nitrogens with two attached hydrogens (primary N) is 2. The first kappa shape index (κ1) is 26.8. The van der Waals surface area contributed by atoms with E-state index >= 15 is 0 Å². The summed E-state index contributed by atoms with van der Waals surface area (Å²) in [6, 6.07) is 26.9. The number of nitrogens with one attached hydrogen (secondary N) is 2. The molecule has 0 bridgehead atoms. The monoisotopic (exact) mass is 516 g/mol. The standard InChI is InChI=1S/C15H14N2O3.C13H11ClN2O/c1-10(18)20-14-8-2-11(3-9-14)15(19)17-13-6-4-12(16)5-7-13;14-10-3-1-9(2-4-10)13(17)16-12-7-5-11(15)6-8-12/h2-9H,16H2,1H3,(H,17,19);1-8H,15H2,(H,16,17). The molecule has 0 aliphatic heterocycles. The van der Waals surface area contributed by atoms with Crippen LogP contribution in [-0.4, -0.2) is 17.8 Å². The quantitative estimate of drug-likeness (QED) is 0.154. The number of rotatable bonds is 5. The second kappa shape index (κ2) is 12.8. The van der Waals surface area contributed by atoms with Crippen molar-refractivity contribution >= 4 is 52.1 Å². The minimum atomic E-state index is -0.399. The second-order valence-electron chi connectivity index (χ2n) is 7.78. The predicted molar refractivity (Wildman–Crippen MR) is 147 cm³/mol. The van der Waals surface area contributed by atoms with Crippen molar-refractivity contribution in [2.75, 3.05) is 22.1 Å². The molecule has 8 nitrogen and oxygen atoms in total. The lowest BCUT2D eigenvalue weighted by Gasteiger charge is -2.06. The Bertz CT molecular complexity index is 1360. The minimum absolute atomic E-state index is 0.175. The van der Waals surface area contributed by atoms with Gasteiger partial charge in [0.25, 0.3) is 11.8 Å². The summed E-state index contributed by atoms with van der Waals surface area (Å²) in [7, 11) is 0. The Kier molecular flexibility index (Phi) is 9.23. The first-order valence-corrected chi connectivity index (χ1v) is 11.5. The number of benzene rings is 4. The fraction of sp³-hybridized carbons (Fsp3) is 0.0357. The van der Waals surface area contributed by atoms with Crippen molar-refractivity contribution in [2.45, 2.75) is 6.92 Å². The molecule has 0 radical (unpaired) electrons. The van der Waals surface area contributed by atoms with E-state index in [0.29, 0.717) is 44.6 Å². The SMILES string of the molecule is CC(=O)Oc1ccc(C(=O)Nc2ccc(N)cc2)cc1.Nc1ccc(NC(=O)c2ccc(Cl)cc2)cc1. The van der Waals surface area contributed by atoms with Crippen molar-refractivity contribution in [2.24, 2.45) is 0 Å². The molecule has 9 heteroatoms. The van der Waals surface area contributed by atoms with Crippen molar-refractivity contribution < 1.29 is 19.1 Å². The number of hydrogen-bond donors (Lipinski definition) is 4. The van der Waals surface area contributed by atoms with Crippen LogP contribution in [0.15, 0.2) is 97.1 Å². The van der Waals surface area contributed by atoms with Gasteiger partial charge in [-0.2, -0.15) is 0 Å². The fourth-order valence-corrected chi connectivity index (χ4v) is 3.11. The van der Waals surface area contributed by atoms with Gasteiger partial charge in [0.15, 0.2) is 0 Å². The minimum Gasteiger partial charge on any atom is -0.427 e. The molecular weight excluding hydrogens is 492 g/mol. The lowest BCUT2D eigenvalue weighted by atomic mass is 10.2. The van der Waals surface area contributed by atoms with E-state index in [2.05, 4.69) is 10.6 Å². The van der Waals surface area contributed by atoms with Crippen molar-refractivity contribution in [3.8, 4) is 5.75 Å². The van der Waals surface area contributed by atoms with E-state index in [1.807, 2.05) is 0 Å². The number of esters is 1. The number of carbonyl (C=O) groups excluding carboxylic acids is 3. The smallest absolute Gasteiger partial charge is 0.308 e. The van der Waals surface area contributed by atoms with Crippen molar-refractivity contribution in [1.29, 1.82) is 0 Å². The van der Waals surface area contributed by atoms with Gasteiger partial charge in [0.2, 0.25) is 0 Å². The summed E-state index contributed by atoms with van der Waals surface area (Å²) in [6.45, 7) is 1.32. The summed E-state index contributed by atoms with van der Waals surface area (Å²) >= 11 is 5.75. The van der Waals surface area contributed by atoms with Crippen LogP contribution in [0.5, 0.6) is 5.75 Å². The molecule has 0 aliphatic carbocycles. The molecule has 0 aromatic heterocycles. The normalized spacial score (nSPS) is 9.89. The van der Waals surface area contributed by atoms with Crippen LogP contribution in [0.25, 0.3) is 0 Å². The van der Waals surface area contributed by atoms with Gasteiger partial charge >= 0.3 is 5.97 Å². The Morgan fingerprint density at radius 1 is 0.622 bits per heavy atom. The lowest BCUT2D eigenvalue weighted by molar-refractivity contribution is -0.131. The summed E-state index contributed by atoms with van der Waals surface area (Å²) in [5.74, 6) is -0.416. The molecule has 2 amide bonds. The molecule has 0 saturated heterocycles. The summed E-state index contributed by atoms with van der Waals surface area (Å²) < 4.78 is 4.90. The third-order valence-electron chi connectivity index (χ3n) is 4.82. The molecule has 0 atom stereocenters. The number of amides is 2. The van der Waals surface area contributed by atoms with Crippen LogP contribution < -0.4 is 26.8 Å². The Balaban J connectivity index is 0.000000208. The van der Waals surface area contributed by atoms with Crippen LogP contribution >= 0.6 is 11.6 Å². The molecule has 0 heterocycles. The van der Waals surface area contributed by atoms with E-state index in [1.54, 1.807) is 97.1 Å². The molecule has 0 fully saturated rings. The van der Waals surface area contributed by atoms with Gasteiger partial charge in [-0.25, -0.2) is 0 Å². The first-order valence-electron chi connectivity index (χ1n) is 11.1. The van der Waals surface area contributed by atoms with Crippen molar-refractivity contribution in [3.63, 3.8) is 0 Å². The zero-order valence-corrected chi connectivity index (χ0v) is 20.7. The van der Waals surface area contributed by atoms with Gasteiger partial charge in [0.05, 0.1) is 0 Å². The van der Waals surface area contributed by atoms with E-state index < -0.39 is 5.97 Å². The number of ether oxygens (including phenoxy) is 1. The number of anilines is 4. The zero-order chi connectivity index (χ0) is 26.8. The van der Waals surface area contributed by atoms with E-state index in [1.165, 1.54) is 6.92 Å². The van der Waals surface area contributed by atoms with E-state index in [9.17, 15) is 14.4 Å². The topological polar surface area (TPSA) is 137 Å². The van der Waals surface area contributed by atoms with Gasteiger partial charge in [0, 0.05) is 45.8 Å². The number of nitrogen functional groups attached to an aromatic ring is 2. The Labute approximate surface area is 219 Å². The molecule has 0 spiro atoms. The molecule has 0 unspecified atom stereocenters. The molecule has 4 aromatic rings. The third-order valence-corrected chi connectivity index (χ3v) is 5.07. The summed E-state index contributed by atoms with van der Waals surface area (Å²) in [6.07, 6.45) is 0. The predicted octanol–water partition coefficient (Wildman–Crippen LogP) is 5.62. The highest BCUT2D eigenvalue weighted by atomic mass is 35.5. The molecular formula is C28H25ClN4O4. The van der Waals surface area contributed by atoms with E-state index in [-0.39, 0.29) is 11.8 Å². The second-order valence-corrected chi connectivity index (χ2v) is 8.21. The maximum absolute atomic E-state index is 12.0. The highest BCUT2D eigenvalue weighted by molar-refractivity contribution is 6.30. The summed E-state index contributed by atoms with van der Waals surface area (Å²) in [5.41, 5.74) is 14.8. The van der Waals surface area contributed by atoms with Crippen LogP contribution in [0.1, 0.15) is 27.6 Å². The Hall–Kier alpha value is -4.82. The molecule has 4 rings (SSSR count). The average Bonchev–Trinajstić information content (AvgIpc) is 2.87. The van der Waals surface area contributed by atoms with Crippen LogP contribution in [-0.2, 0) is 4.79 Å². The summed E-state index contributed by atoms with van der Waals surface area (Å²) in [5, 5.41) is 6.12. The van der Waals surface area contributed by atoms with Gasteiger partial charge in [-0.05, 0) is 97.1 Å². The van der Waals surface area contributed by atoms with Gasteiger partial charge < -0.3 is 26.8 Å². The maximum Gasteiger partial charge on any atom is 0.308 e. The van der Waals surface area contributed by atoms with Gasteiger partial charge in [-0.15, -0.1) is 0 Å². The van der Waals surface area contributed by atoms with Crippen LogP contribution in [0.4, 0.5) is 22.7 Å². The molecule has 0 saturated carbocycles. The molecule has 188 valence electrons. The number of halogens is 1. The van der Waals surface area contributed by atoms with Gasteiger partial charge in [0.1, 0.15) is 5.75 Å². The van der Waals surface area contributed by atoms with Crippen LogP contribution in [0.2, 0.25) is 5.02 Å². The zero-order valence-electron chi connectivity index (χ0n) is 19.9. The molecule has 0 aliphatic rings. The lowest BCUT2D eigenvalue weighted by Crippen LogP contribution is -2.11.